The summed E-state index contributed by atoms with van der Waals surface area (Å²) in [5.74, 6) is 0. The Kier molecular flexibility index (Phi) is 2.62. The molecule has 0 aromatic carbocycles. The van der Waals surface area contributed by atoms with E-state index in [1.807, 2.05) is 6.92 Å². The van der Waals surface area contributed by atoms with Crippen LogP contribution in [0.4, 0.5) is 0 Å². The van der Waals surface area contributed by atoms with Crippen molar-refractivity contribution in [2.75, 3.05) is 6.54 Å². The van der Waals surface area contributed by atoms with Gasteiger partial charge in [0.2, 0.25) is 0 Å². The van der Waals surface area contributed by atoms with E-state index in [1.165, 1.54) is 0 Å². The van der Waals surface area contributed by atoms with E-state index in [-0.39, 0.29) is 22.0 Å². The molecule has 3 unspecified atom stereocenters. The zero-order valence-electron chi connectivity index (χ0n) is 9.79. The Labute approximate surface area is 92.6 Å². The molecule has 1 aliphatic heterocycles. The lowest BCUT2D eigenvalue weighted by atomic mass is 9.75. The summed E-state index contributed by atoms with van der Waals surface area (Å²) in [6.45, 7) is 6.81. The molecular formula is C11H21NO2S. The molecule has 1 heterocycles. The van der Waals surface area contributed by atoms with Crippen LogP contribution in [0.15, 0.2) is 0 Å². The fraction of sp³-hybridized carbons (Fsp3) is 1.00. The van der Waals surface area contributed by atoms with Gasteiger partial charge in [0.25, 0.3) is 0 Å². The third-order valence-corrected chi connectivity index (χ3v) is 6.61. The van der Waals surface area contributed by atoms with Gasteiger partial charge in [-0.25, -0.2) is 8.42 Å². The smallest absolute Gasteiger partial charge is 0.158 e. The Morgan fingerprint density at radius 2 is 2.00 bits per heavy atom. The third-order valence-electron chi connectivity index (χ3n) is 3.98. The maximum absolute atomic E-state index is 12.2. The van der Waals surface area contributed by atoms with Crippen LogP contribution >= 0.6 is 0 Å². The van der Waals surface area contributed by atoms with Gasteiger partial charge < -0.3 is 5.32 Å². The van der Waals surface area contributed by atoms with Crippen LogP contribution in [0.25, 0.3) is 0 Å². The fourth-order valence-electron chi connectivity index (χ4n) is 2.83. The average molecular weight is 231 g/mol. The SMILES string of the molecule is CC1CNC2CCC(C)(C)CC2S1(=O)=O. The van der Waals surface area contributed by atoms with Gasteiger partial charge in [0, 0.05) is 12.6 Å². The minimum absolute atomic E-state index is 0.148. The second-order valence-electron chi connectivity index (χ2n) is 5.86. The molecule has 1 aliphatic carbocycles. The van der Waals surface area contributed by atoms with E-state index in [4.69, 9.17) is 0 Å². The minimum atomic E-state index is -2.90. The molecule has 0 spiro atoms. The number of fused-ring (bicyclic) bond motifs is 1. The van der Waals surface area contributed by atoms with Crippen molar-refractivity contribution in [1.82, 2.24) is 5.32 Å². The van der Waals surface area contributed by atoms with Crippen molar-refractivity contribution < 1.29 is 8.42 Å². The van der Waals surface area contributed by atoms with Gasteiger partial charge in [0.1, 0.15) is 0 Å². The zero-order chi connectivity index (χ0) is 11.3. The van der Waals surface area contributed by atoms with Gasteiger partial charge in [0.05, 0.1) is 10.5 Å². The van der Waals surface area contributed by atoms with Crippen molar-refractivity contribution in [3.63, 3.8) is 0 Å². The maximum Gasteiger partial charge on any atom is 0.158 e. The number of hydrogen-bond donors (Lipinski definition) is 1. The fourth-order valence-corrected chi connectivity index (χ4v) is 5.13. The maximum atomic E-state index is 12.2. The van der Waals surface area contributed by atoms with Gasteiger partial charge in [-0.1, -0.05) is 13.8 Å². The van der Waals surface area contributed by atoms with Crippen molar-refractivity contribution in [2.45, 2.75) is 56.6 Å². The monoisotopic (exact) mass is 231 g/mol. The number of hydrogen-bond acceptors (Lipinski definition) is 3. The van der Waals surface area contributed by atoms with E-state index in [1.54, 1.807) is 0 Å². The molecule has 15 heavy (non-hydrogen) atoms. The van der Waals surface area contributed by atoms with Crippen molar-refractivity contribution >= 4 is 9.84 Å². The van der Waals surface area contributed by atoms with Gasteiger partial charge >= 0.3 is 0 Å². The van der Waals surface area contributed by atoms with Crippen LogP contribution in [0.3, 0.4) is 0 Å². The van der Waals surface area contributed by atoms with E-state index in [9.17, 15) is 8.42 Å². The molecule has 3 atom stereocenters. The van der Waals surface area contributed by atoms with Crippen LogP contribution in [0, 0.1) is 5.41 Å². The Hall–Kier alpha value is -0.0900. The Balaban J connectivity index is 2.27. The number of rotatable bonds is 0. The van der Waals surface area contributed by atoms with Crippen molar-refractivity contribution in [2.24, 2.45) is 5.41 Å². The van der Waals surface area contributed by atoms with E-state index < -0.39 is 9.84 Å². The molecule has 1 N–H and O–H groups in total. The van der Waals surface area contributed by atoms with Crippen molar-refractivity contribution in [1.29, 1.82) is 0 Å². The lowest BCUT2D eigenvalue weighted by Crippen LogP contribution is -2.59. The molecule has 0 radical (unpaired) electrons. The topological polar surface area (TPSA) is 46.2 Å². The summed E-state index contributed by atoms with van der Waals surface area (Å²) in [4.78, 5) is 0. The van der Waals surface area contributed by atoms with E-state index in [0.29, 0.717) is 6.54 Å². The molecule has 0 bridgehead atoms. The predicted molar refractivity (Wildman–Crippen MR) is 61.6 cm³/mol. The molecule has 0 aromatic rings. The van der Waals surface area contributed by atoms with Crippen LogP contribution in [-0.2, 0) is 9.84 Å². The molecule has 1 saturated heterocycles. The van der Waals surface area contributed by atoms with Gasteiger partial charge in [-0.05, 0) is 31.6 Å². The first-order valence-corrected chi connectivity index (χ1v) is 7.40. The van der Waals surface area contributed by atoms with Crippen LogP contribution in [0.1, 0.15) is 40.0 Å². The van der Waals surface area contributed by atoms with Crippen molar-refractivity contribution in [3.05, 3.63) is 0 Å². The normalized spacial score (nSPS) is 43.3. The second kappa shape index (κ2) is 3.45. The molecule has 4 heteroatoms. The number of nitrogens with one attached hydrogen (secondary N) is 1. The molecular weight excluding hydrogens is 210 g/mol. The van der Waals surface area contributed by atoms with Gasteiger partial charge in [-0.3, -0.25) is 0 Å². The molecule has 0 aromatic heterocycles. The van der Waals surface area contributed by atoms with E-state index >= 15 is 0 Å². The number of sulfone groups is 1. The average Bonchev–Trinajstić information content (AvgIpc) is 2.12. The molecule has 2 rings (SSSR count). The standard InChI is InChI=1S/C11H21NO2S/c1-8-7-12-9-4-5-11(2,3)6-10(9)15(8,13)14/h8-10,12H,4-7H2,1-3H3. The summed E-state index contributed by atoms with van der Waals surface area (Å²) in [7, 11) is -2.90. The first kappa shape index (κ1) is 11.4. The summed E-state index contributed by atoms with van der Waals surface area (Å²) in [6.07, 6.45) is 2.95. The van der Waals surface area contributed by atoms with Crippen LogP contribution < -0.4 is 5.32 Å². The molecule has 0 amide bonds. The lowest BCUT2D eigenvalue weighted by molar-refractivity contribution is 0.202. The van der Waals surface area contributed by atoms with Crippen LogP contribution in [-0.4, -0.2) is 31.5 Å². The summed E-state index contributed by atoms with van der Waals surface area (Å²) in [6, 6.07) is 0.208. The minimum Gasteiger partial charge on any atom is -0.311 e. The van der Waals surface area contributed by atoms with Crippen LogP contribution in [0.2, 0.25) is 0 Å². The molecule has 2 aliphatic rings. The quantitative estimate of drug-likeness (QED) is 0.684. The van der Waals surface area contributed by atoms with E-state index in [0.717, 1.165) is 19.3 Å². The summed E-state index contributed by atoms with van der Waals surface area (Å²) in [5.41, 5.74) is 0.187. The van der Waals surface area contributed by atoms with Gasteiger partial charge in [-0.15, -0.1) is 0 Å². The highest BCUT2D eigenvalue weighted by atomic mass is 32.2. The Morgan fingerprint density at radius 1 is 1.33 bits per heavy atom. The van der Waals surface area contributed by atoms with Crippen molar-refractivity contribution in [3.8, 4) is 0 Å². The lowest BCUT2D eigenvalue weighted by Gasteiger charge is -2.44. The second-order valence-corrected chi connectivity index (χ2v) is 8.45. The highest BCUT2D eigenvalue weighted by Gasteiger charge is 2.46. The highest BCUT2D eigenvalue weighted by Crippen LogP contribution is 2.40. The first-order valence-electron chi connectivity index (χ1n) is 5.79. The molecule has 2 fully saturated rings. The predicted octanol–water partition coefficient (Wildman–Crippen LogP) is 1.34. The third kappa shape index (κ3) is 1.94. The van der Waals surface area contributed by atoms with E-state index in [2.05, 4.69) is 19.2 Å². The highest BCUT2D eigenvalue weighted by molar-refractivity contribution is 7.92. The molecule has 3 nitrogen and oxygen atoms in total. The Bertz CT molecular complexity index is 348. The zero-order valence-corrected chi connectivity index (χ0v) is 10.6. The summed E-state index contributed by atoms with van der Waals surface area (Å²) < 4.78 is 24.4. The largest absolute Gasteiger partial charge is 0.311 e. The van der Waals surface area contributed by atoms with Gasteiger partial charge in [0.15, 0.2) is 9.84 Å². The summed E-state index contributed by atoms with van der Waals surface area (Å²) >= 11 is 0. The van der Waals surface area contributed by atoms with Crippen LogP contribution in [0.5, 0.6) is 0 Å². The Morgan fingerprint density at radius 3 is 2.67 bits per heavy atom. The van der Waals surface area contributed by atoms with Gasteiger partial charge in [-0.2, -0.15) is 0 Å². The molecule has 1 saturated carbocycles. The summed E-state index contributed by atoms with van der Waals surface area (Å²) in [5, 5.41) is 3.02. The molecule has 88 valence electrons. The first-order chi connectivity index (χ1) is 6.83.